The molecule has 0 spiro atoms. The molecule has 0 radical (unpaired) electrons. The van der Waals surface area contributed by atoms with Gasteiger partial charge in [-0.3, -0.25) is 0 Å². The first-order chi connectivity index (χ1) is 7.90. The van der Waals surface area contributed by atoms with Gasteiger partial charge in [0.2, 0.25) is 0 Å². The maximum Gasteiger partial charge on any atom is 0.349 e. The number of hydrogen-bond donors (Lipinski definition) is 0. The zero-order chi connectivity index (χ0) is 12.9. The van der Waals surface area contributed by atoms with E-state index in [0.717, 1.165) is 5.75 Å². The monoisotopic (exact) mass is 235 g/mol. The molecule has 17 heavy (non-hydrogen) atoms. The van der Waals surface area contributed by atoms with Crippen LogP contribution < -0.4 is 4.74 Å². The summed E-state index contributed by atoms with van der Waals surface area (Å²) < 4.78 is 10.1. The van der Waals surface area contributed by atoms with Gasteiger partial charge in [-0.15, -0.1) is 0 Å². The Bertz CT molecular complexity index is 402. The van der Waals surface area contributed by atoms with Crippen molar-refractivity contribution < 1.29 is 14.3 Å². The number of ether oxygens (including phenoxy) is 2. The zero-order valence-corrected chi connectivity index (χ0v) is 10.6. The largest absolute Gasteiger partial charge is 0.497 e. The van der Waals surface area contributed by atoms with E-state index < -0.39 is 11.6 Å². The summed E-state index contributed by atoms with van der Waals surface area (Å²) in [6.07, 6.45) is 1.17. The van der Waals surface area contributed by atoms with Crippen LogP contribution in [-0.2, 0) is 9.53 Å². The molecule has 0 aliphatic heterocycles. The Labute approximate surface area is 101 Å². The topological polar surface area (TPSA) is 47.9 Å². The molecule has 0 saturated heterocycles. The maximum absolute atomic E-state index is 11.4. The fraction of sp³-hybridized carbons (Fsp3) is 0.385. The van der Waals surface area contributed by atoms with Crippen LogP contribution >= 0.6 is 0 Å². The first-order valence-corrected chi connectivity index (χ1v) is 5.32. The van der Waals surface area contributed by atoms with Crippen molar-refractivity contribution in [1.82, 2.24) is 0 Å². The molecule has 0 aliphatic rings. The molecule has 0 fully saturated rings. The zero-order valence-electron chi connectivity index (χ0n) is 10.6. The number of nitrogens with zero attached hydrogens (tertiary/aromatic N) is 1. The van der Waals surface area contributed by atoms with Crippen molar-refractivity contribution in [1.29, 1.82) is 0 Å². The maximum atomic E-state index is 11.4. The van der Waals surface area contributed by atoms with Crippen LogP contribution in [-0.4, -0.2) is 24.9 Å². The number of carbonyl (C=O) groups excluding carboxylic acids is 1. The SMILES string of the molecule is COc1ccc(N=CC(=O)OC(C)(C)C)cc1. The van der Waals surface area contributed by atoms with E-state index in [4.69, 9.17) is 9.47 Å². The van der Waals surface area contributed by atoms with Gasteiger partial charge in [0.15, 0.2) is 0 Å². The average Bonchev–Trinajstić information content (AvgIpc) is 2.25. The lowest BCUT2D eigenvalue weighted by Gasteiger charge is -2.17. The van der Waals surface area contributed by atoms with Gasteiger partial charge >= 0.3 is 5.97 Å². The molecular weight excluding hydrogens is 218 g/mol. The third-order valence-electron chi connectivity index (χ3n) is 1.80. The van der Waals surface area contributed by atoms with Crippen LogP contribution in [0.5, 0.6) is 5.75 Å². The Morgan fingerprint density at radius 1 is 1.24 bits per heavy atom. The molecule has 0 heterocycles. The lowest BCUT2D eigenvalue weighted by molar-refractivity contribution is -0.145. The first kappa shape index (κ1) is 13.2. The summed E-state index contributed by atoms with van der Waals surface area (Å²) in [6.45, 7) is 5.43. The second-order valence-corrected chi connectivity index (χ2v) is 4.49. The lowest BCUT2D eigenvalue weighted by Crippen LogP contribution is -2.24. The van der Waals surface area contributed by atoms with Crippen molar-refractivity contribution in [2.24, 2.45) is 4.99 Å². The minimum atomic E-state index is -0.497. The molecule has 0 bridgehead atoms. The summed E-state index contributed by atoms with van der Waals surface area (Å²) in [5.41, 5.74) is 0.180. The molecule has 92 valence electrons. The number of rotatable bonds is 3. The van der Waals surface area contributed by atoms with Gasteiger partial charge in [0.1, 0.15) is 17.6 Å². The normalized spacial score (nSPS) is 11.5. The van der Waals surface area contributed by atoms with Gasteiger partial charge in [-0.1, -0.05) is 0 Å². The predicted molar refractivity (Wildman–Crippen MR) is 67.0 cm³/mol. The standard InChI is InChI=1S/C13H17NO3/c1-13(2,3)17-12(15)9-14-10-5-7-11(16-4)8-6-10/h5-9H,1-4H3. The second kappa shape index (κ2) is 5.48. The van der Waals surface area contributed by atoms with Crippen LogP contribution in [0.15, 0.2) is 29.3 Å². The molecule has 0 aliphatic carbocycles. The molecule has 0 unspecified atom stereocenters. The molecule has 4 nitrogen and oxygen atoms in total. The molecule has 1 aromatic rings. The van der Waals surface area contributed by atoms with Crippen molar-refractivity contribution >= 4 is 17.9 Å². The Hall–Kier alpha value is -1.84. The third-order valence-corrected chi connectivity index (χ3v) is 1.80. The van der Waals surface area contributed by atoms with Crippen LogP contribution in [0.1, 0.15) is 20.8 Å². The quantitative estimate of drug-likeness (QED) is 0.598. The third kappa shape index (κ3) is 5.15. The number of aliphatic imine (C=N–C) groups is 1. The highest BCUT2D eigenvalue weighted by Crippen LogP contribution is 2.17. The van der Waals surface area contributed by atoms with Gasteiger partial charge < -0.3 is 9.47 Å². The lowest BCUT2D eigenvalue weighted by atomic mass is 10.2. The summed E-state index contributed by atoms with van der Waals surface area (Å²) in [6, 6.07) is 7.09. The van der Waals surface area contributed by atoms with Crippen LogP contribution in [0.4, 0.5) is 5.69 Å². The Kier molecular flexibility index (Phi) is 4.26. The van der Waals surface area contributed by atoms with E-state index in [2.05, 4.69) is 4.99 Å². The van der Waals surface area contributed by atoms with Gasteiger partial charge in [0.05, 0.1) is 12.8 Å². The summed E-state index contributed by atoms with van der Waals surface area (Å²) in [7, 11) is 1.60. The number of benzene rings is 1. The van der Waals surface area contributed by atoms with Gasteiger partial charge in [0, 0.05) is 0 Å². The number of methoxy groups -OCH3 is 1. The molecule has 0 amide bonds. The predicted octanol–water partition coefficient (Wildman–Crippen LogP) is 2.74. The van der Waals surface area contributed by atoms with Crippen molar-refractivity contribution in [3.05, 3.63) is 24.3 Å². The average molecular weight is 235 g/mol. The van der Waals surface area contributed by atoms with Crippen LogP contribution in [0.3, 0.4) is 0 Å². The molecule has 1 rings (SSSR count). The molecule has 4 heteroatoms. The molecule has 0 saturated carbocycles. The summed E-state index contributed by atoms with van der Waals surface area (Å²) >= 11 is 0. The highest BCUT2D eigenvalue weighted by atomic mass is 16.6. The van der Waals surface area contributed by atoms with E-state index in [1.54, 1.807) is 31.4 Å². The minimum absolute atomic E-state index is 0.451. The van der Waals surface area contributed by atoms with Gasteiger partial charge in [-0.25, -0.2) is 9.79 Å². The second-order valence-electron chi connectivity index (χ2n) is 4.49. The highest BCUT2D eigenvalue weighted by molar-refractivity contribution is 6.23. The summed E-state index contributed by atoms with van der Waals surface area (Å²) in [5.74, 6) is 0.300. The fourth-order valence-electron chi connectivity index (χ4n) is 1.12. The number of carbonyl (C=O) groups is 1. The van der Waals surface area contributed by atoms with Crippen molar-refractivity contribution in [3.8, 4) is 5.75 Å². The molecule has 0 atom stereocenters. The summed E-state index contributed by atoms with van der Waals surface area (Å²) in [5, 5.41) is 0. The first-order valence-electron chi connectivity index (χ1n) is 5.32. The highest BCUT2D eigenvalue weighted by Gasteiger charge is 2.14. The van der Waals surface area contributed by atoms with E-state index >= 15 is 0 Å². The van der Waals surface area contributed by atoms with Gasteiger partial charge in [0.25, 0.3) is 0 Å². The molecule has 1 aromatic carbocycles. The Morgan fingerprint density at radius 3 is 2.29 bits per heavy atom. The number of esters is 1. The van der Waals surface area contributed by atoms with Gasteiger partial charge in [-0.2, -0.15) is 0 Å². The van der Waals surface area contributed by atoms with E-state index in [0.29, 0.717) is 5.69 Å². The van der Waals surface area contributed by atoms with Crippen molar-refractivity contribution in [2.45, 2.75) is 26.4 Å². The number of hydrogen-bond acceptors (Lipinski definition) is 4. The Morgan fingerprint density at radius 2 is 1.82 bits per heavy atom. The van der Waals surface area contributed by atoms with E-state index in [1.165, 1.54) is 6.21 Å². The molecule has 0 N–H and O–H groups in total. The van der Waals surface area contributed by atoms with E-state index in [1.807, 2.05) is 20.8 Å². The summed E-state index contributed by atoms with van der Waals surface area (Å²) in [4.78, 5) is 15.4. The van der Waals surface area contributed by atoms with Crippen LogP contribution in [0.2, 0.25) is 0 Å². The van der Waals surface area contributed by atoms with Crippen molar-refractivity contribution in [3.63, 3.8) is 0 Å². The van der Waals surface area contributed by atoms with E-state index in [-0.39, 0.29) is 0 Å². The van der Waals surface area contributed by atoms with Gasteiger partial charge in [-0.05, 0) is 45.0 Å². The fourth-order valence-corrected chi connectivity index (χ4v) is 1.12. The smallest absolute Gasteiger partial charge is 0.349 e. The molecular formula is C13H17NO3. The Balaban J connectivity index is 2.61. The van der Waals surface area contributed by atoms with Crippen LogP contribution in [0.25, 0.3) is 0 Å². The van der Waals surface area contributed by atoms with Crippen molar-refractivity contribution in [2.75, 3.05) is 7.11 Å². The van der Waals surface area contributed by atoms with E-state index in [9.17, 15) is 4.79 Å². The molecule has 0 aromatic heterocycles. The van der Waals surface area contributed by atoms with Crippen LogP contribution in [0, 0.1) is 0 Å². The minimum Gasteiger partial charge on any atom is -0.497 e.